The van der Waals surface area contributed by atoms with Crippen LogP contribution in [0.2, 0.25) is 0 Å². The van der Waals surface area contributed by atoms with E-state index in [4.69, 9.17) is 20.9 Å². The lowest BCUT2D eigenvalue weighted by atomic mass is 9.96. The van der Waals surface area contributed by atoms with Gasteiger partial charge in [0.05, 0.1) is 35.3 Å². The molecule has 8 rings (SSSR count). The maximum absolute atomic E-state index is 16.8. The first-order valence-electron chi connectivity index (χ1n) is 16.6. The van der Waals surface area contributed by atoms with Crippen LogP contribution < -0.4 is 25.8 Å². The van der Waals surface area contributed by atoms with Crippen molar-refractivity contribution in [2.45, 2.75) is 49.3 Å². The molecule has 6 heterocycles. The number of benzene rings is 2. The standard InChI is InChI=1S/C27H20F7N7O2S2.C7H12FN/c1-11(12-4-3-7-38-24(12)36)41-8-9-43-21-18-20(39-27(42-2)40-26(18)41)19(29)17(23(21)45(30,31,32,33)34)13-5-6-15(28)22-16(13)14(10-35)25(37)44-22;8-6-4-7-2-1-3-9(7)5-6/h3-7,11H,8-9,37H2,1-2H3,(H2,36,38);6-7H,1-5H2/t11-;/m1./s1. The van der Waals surface area contributed by atoms with Gasteiger partial charge in [-0.2, -0.15) is 15.2 Å². The number of nitrogens with two attached hydrogens (primary N) is 2. The molecule has 2 saturated heterocycles. The number of halogens is 8. The topological polar surface area (TPSA) is 139 Å². The van der Waals surface area contributed by atoms with Crippen LogP contribution in [0, 0.1) is 23.0 Å². The molecule has 288 valence electrons. The third-order valence-electron chi connectivity index (χ3n) is 9.82. The summed E-state index contributed by atoms with van der Waals surface area (Å²) in [5.74, 6) is -4.64. The normalized spacial score (nSPS) is 20.3. The van der Waals surface area contributed by atoms with E-state index in [0.717, 1.165) is 20.1 Å². The second-order valence-electron chi connectivity index (χ2n) is 13.1. The van der Waals surface area contributed by atoms with Crippen molar-refractivity contribution in [3.8, 4) is 29.0 Å². The highest BCUT2D eigenvalue weighted by molar-refractivity contribution is 8.46. The van der Waals surface area contributed by atoms with Crippen LogP contribution in [-0.2, 0) is 0 Å². The summed E-state index contributed by atoms with van der Waals surface area (Å²) in [6.45, 7) is 2.64. The number of pyridine rings is 1. The van der Waals surface area contributed by atoms with Gasteiger partial charge in [0.15, 0.2) is 16.5 Å². The maximum Gasteiger partial charge on any atom is 0.318 e. The summed E-state index contributed by atoms with van der Waals surface area (Å²) in [6.07, 6.45) is 4.23. The highest BCUT2D eigenvalue weighted by Crippen LogP contribution is 3.04. The van der Waals surface area contributed by atoms with E-state index in [-0.39, 0.29) is 17.4 Å². The predicted molar refractivity (Wildman–Crippen MR) is 191 cm³/mol. The zero-order chi connectivity index (χ0) is 39.0. The van der Waals surface area contributed by atoms with E-state index in [2.05, 4.69) is 19.9 Å². The van der Waals surface area contributed by atoms with Gasteiger partial charge < -0.3 is 25.8 Å². The minimum absolute atomic E-state index is 0.0746. The quantitative estimate of drug-likeness (QED) is 0.166. The van der Waals surface area contributed by atoms with Crippen LogP contribution in [0.5, 0.6) is 11.8 Å². The Morgan fingerprint density at radius 2 is 1.85 bits per heavy atom. The van der Waals surface area contributed by atoms with Gasteiger partial charge >= 0.3 is 16.2 Å². The highest BCUT2D eigenvalue weighted by Gasteiger charge is 2.69. The molecule has 5 aromatic rings. The van der Waals surface area contributed by atoms with Crippen LogP contribution in [0.15, 0.2) is 35.4 Å². The second kappa shape index (κ2) is 12.6. The smallest absolute Gasteiger partial charge is 0.318 e. The molecule has 0 saturated carbocycles. The first-order chi connectivity index (χ1) is 25.3. The summed E-state index contributed by atoms with van der Waals surface area (Å²) >= 11 is 0.495. The maximum atomic E-state index is 16.8. The van der Waals surface area contributed by atoms with Crippen molar-refractivity contribution in [3.63, 3.8) is 0 Å². The van der Waals surface area contributed by atoms with Crippen LogP contribution in [0.4, 0.5) is 49.2 Å². The lowest BCUT2D eigenvalue weighted by Crippen LogP contribution is -2.31. The van der Waals surface area contributed by atoms with E-state index in [0.29, 0.717) is 41.6 Å². The number of rotatable bonds is 5. The number of thiophene rings is 1. The summed E-state index contributed by atoms with van der Waals surface area (Å²) in [4.78, 5) is 13.0. The van der Waals surface area contributed by atoms with E-state index < -0.39 is 101 Å². The van der Waals surface area contributed by atoms with Crippen LogP contribution >= 0.6 is 21.6 Å². The number of aromatic nitrogens is 3. The number of nitrogens with zero attached hydrogens (tertiary/aromatic N) is 6. The molecular weight excluding hydrogens is 769 g/mol. The van der Waals surface area contributed by atoms with Crippen molar-refractivity contribution in [2.75, 3.05) is 49.7 Å². The van der Waals surface area contributed by atoms with Gasteiger partial charge in [-0.1, -0.05) is 31.6 Å². The fraction of sp³-hybridized carbons (Fsp3) is 0.353. The monoisotopic (exact) mass is 800 g/mol. The molecule has 3 aromatic heterocycles. The number of nitrogen functional groups attached to an aromatic ring is 2. The Hall–Kier alpha value is -4.87. The zero-order valence-corrected chi connectivity index (χ0v) is 30.2. The molecule has 2 unspecified atom stereocenters. The van der Waals surface area contributed by atoms with Crippen LogP contribution in [0.25, 0.3) is 32.1 Å². The van der Waals surface area contributed by atoms with E-state index in [9.17, 15) is 14.0 Å². The fourth-order valence-electron chi connectivity index (χ4n) is 7.50. The Labute approximate surface area is 307 Å². The molecule has 3 aliphatic rings. The summed E-state index contributed by atoms with van der Waals surface area (Å²) < 4.78 is 130. The Morgan fingerprint density at radius 3 is 2.52 bits per heavy atom. The predicted octanol–water partition coefficient (Wildman–Crippen LogP) is 9.04. The van der Waals surface area contributed by atoms with Gasteiger partial charge in [-0.3, -0.25) is 4.90 Å². The Bertz CT molecular complexity index is 2360. The number of fused-ring (bicyclic) bond motifs is 2. The Kier molecular flexibility index (Phi) is 8.73. The summed E-state index contributed by atoms with van der Waals surface area (Å²) in [5, 5.41) is 8.00. The third kappa shape index (κ3) is 6.41. The molecule has 0 bridgehead atoms. The number of hydrogen-bond acceptors (Lipinski definition) is 11. The SMILES string of the molecule is COc1nc2c3c(c(S(F)(F)(F)(F)F)c(-c4ccc(F)c5sc(N)c(C#N)c45)c(F)c3n1)OCCN2[C@H](C)c1cccnc1N.FC1CC2CCCN2C1. The average molecular weight is 801 g/mol. The molecule has 0 radical (unpaired) electrons. The second-order valence-corrected chi connectivity index (χ2v) is 16.5. The van der Waals surface area contributed by atoms with Gasteiger partial charge in [-0.25, -0.2) is 18.2 Å². The fourth-order valence-corrected chi connectivity index (χ4v) is 9.55. The molecular formula is C34H32F8N8O2S2. The third-order valence-corrected chi connectivity index (χ3v) is 12.0. The van der Waals surface area contributed by atoms with Crippen molar-refractivity contribution >= 4 is 59.2 Å². The van der Waals surface area contributed by atoms with Crippen molar-refractivity contribution in [3.05, 3.63) is 53.2 Å². The first-order valence-corrected chi connectivity index (χ1v) is 19.3. The minimum atomic E-state index is -10.9. The van der Waals surface area contributed by atoms with Crippen LogP contribution in [0.3, 0.4) is 0 Å². The summed E-state index contributed by atoms with van der Waals surface area (Å²) in [5.41, 5.74) is 8.33. The van der Waals surface area contributed by atoms with Gasteiger partial charge in [0.25, 0.3) is 0 Å². The lowest BCUT2D eigenvalue weighted by molar-refractivity contribution is 0.292. The first kappa shape index (κ1) is 37.4. The molecule has 2 aromatic carbocycles. The van der Waals surface area contributed by atoms with Crippen molar-refractivity contribution < 1.29 is 42.1 Å². The summed E-state index contributed by atoms with van der Waals surface area (Å²) in [6, 6.07) is 5.46. The number of alkyl halides is 1. The number of nitriles is 1. The molecule has 2 fully saturated rings. The van der Waals surface area contributed by atoms with E-state index in [1.165, 1.54) is 23.9 Å². The average Bonchev–Trinajstić information content (AvgIpc) is 3.75. The molecule has 10 nitrogen and oxygen atoms in total. The highest BCUT2D eigenvalue weighted by atomic mass is 32.5. The molecule has 54 heavy (non-hydrogen) atoms. The molecule has 3 aliphatic heterocycles. The molecule has 4 N–H and O–H groups in total. The van der Waals surface area contributed by atoms with Gasteiger partial charge in [-0.05, 0) is 50.4 Å². The van der Waals surface area contributed by atoms with E-state index in [1.807, 2.05) is 0 Å². The molecule has 20 heteroatoms. The largest absolute Gasteiger partial charge is 0.489 e. The van der Waals surface area contributed by atoms with E-state index >= 15 is 23.8 Å². The van der Waals surface area contributed by atoms with Crippen LogP contribution in [0.1, 0.15) is 43.4 Å². The minimum Gasteiger partial charge on any atom is -0.489 e. The molecule has 3 atom stereocenters. The van der Waals surface area contributed by atoms with Crippen molar-refractivity contribution in [1.29, 1.82) is 5.26 Å². The lowest BCUT2D eigenvalue weighted by Gasteiger charge is -2.42. The number of anilines is 3. The van der Waals surface area contributed by atoms with Gasteiger partial charge in [-0.15, -0.1) is 11.3 Å². The van der Waals surface area contributed by atoms with Crippen molar-refractivity contribution in [1.82, 2.24) is 19.9 Å². The Balaban J connectivity index is 0.000000433. The van der Waals surface area contributed by atoms with E-state index in [1.54, 1.807) is 25.1 Å². The Morgan fingerprint density at radius 1 is 1.09 bits per heavy atom. The number of methoxy groups -OCH3 is 1. The molecule has 0 aliphatic carbocycles. The van der Waals surface area contributed by atoms with Gasteiger partial charge in [0.2, 0.25) is 0 Å². The number of ether oxygens (including phenoxy) is 2. The molecule has 0 spiro atoms. The van der Waals surface area contributed by atoms with Gasteiger partial charge in [0, 0.05) is 35.3 Å². The summed E-state index contributed by atoms with van der Waals surface area (Å²) in [7, 11) is -9.80. The zero-order valence-electron chi connectivity index (χ0n) is 28.6. The molecule has 0 amide bonds. The van der Waals surface area contributed by atoms with Crippen LogP contribution in [-0.4, -0.2) is 65.4 Å². The number of hydrogen-bond donors (Lipinski definition) is 2. The van der Waals surface area contributed by atoms with Crippen molar-refractivity contribution in [2.24, 2.45) is 0 Å². The van der Waals surface area contributed by atoms with Gasteiger partial charge in [0.1, 0.15) is 46.8 Å².